The molecule has 1 aliphatic heterocycles. The summed E-state index contributed by atoms with van der Waals surface area (Å²) in [4.78, 5) is 2.27. The number of nitrogens with zero attached hydrogens (tertiary/aromatic N) is 1. The molecule has 2 nitrogen and oxygen atoms in total. The maximum absolute atomic E-state index is 6.25. The van der Waals surface area contributed by atoms with Gasteiger partial charge in [-0.25, -0.2) is 0 Å². The van der Waals surface area contributed by atoms with Crippen LogP contribution in [0, 0.1) is 0 Å². The van der Waals surface area contributed by atoms with Gasteiger partial charge in [-0.05, 0) is 18.2 Å². The summed E-state index contributed by atoms with van der Waals surface area (Å²) >= 11 is 12.3. The molecule has 0 aromatic heterocycles. The molecule has 104 valence electrons. The lowest BCUT2D eigenvalue weighted by Crippen LogP contribution is -2.26. The van der Waals surface area contributed by atoms with Crippen LogP contribution in [0.4, 0.5) is 5.69 Å². The molecule has 0 saturated heterocycles. The number of alkyl halides is 1. The quantitative estimate of drug-likeness (QED) is 0.759. The van der Waals surface area contributed by atoms with Crippen molar-refractivity contribution < 1.29 is 4.74 Å². The number of benzene rings is 2. The van der Waals surface area contributed by atoms with Gasteiger partial charge in [-0.3, -0.25) is 0 Å². The summed E-state index contributed by atoms with van der Waals surface area (Å²) in [5.74, 6) is 1.37. The number of ether oxygens (including phenoxy) is 1. The number of halogens is 2. The second-order valence-corrected chi connectivity index (χ2v) is 5.42. The zero-order valence-electron chi connectivity index (χ0n) is 11.0. The first-order valence-electron chi connectivity index (χ1n) is 6.58. The van der Waals surface area contributed by atoms with Crippen molar-refractivity contribution in [2.45, 2.75) is 12.4 Å². The Morgan fingerprint density at radius 3 is 2.80 bits per heavy atom. The Bertz CT molecular complexity index is 615. The van der Waals surface area contributed by atoms with Gasteiger partial charge in [0.1, 0.15) is 12.4 Å². The summed E-state index contributed by atoms with van der Waals surface area (Å²) in [5, 5.41) is 0.718. The van der Waals surface area contributed by atoms with Gasteiger partial charge in [0.25, 0.3) is 0 Å². The van der Waals surface area contributed by atoms with E-state index in [0.717, 1.165) is 35.1 Å². The summed E-state index contributed by atoms with van der Waals surface area (Å²) in [6.07, 6.45) is 0. The molecule has 0 amide bonds. The van der Waals surface area contributed by atoms with Crippen molar-refractivity contribution in [3.8, 4) is 5.75 Å². The van der Waals surface area contributed by atoms with Gasteiger partial charge in [0.05, 0.1) is 12.4 Å². The van der Waals surface area contributed by atoms with Crippen LogP contribution in [-0.2, 0) is 12.4 Å². The molecule has 4 heteroatoms. The molecule has 0 saturated carbocycles. The highest BCUT2D eigenvalue weighted by Crippen LogP contribution is 2.32. The molecule has 20 heavy (non-hydrogen) atoms. The van der Waals surface area contributed by atoms with Crippen LogP contribution in [0.1, 0.15) is 11.1 Å². The van der Waals surface area contributed by atoms with Gasteiger partial charge in [-0.2, -0.15) is 0 Å². The van der Waals surface area contributed by atoms with Crippen molar-refractivity contribution in [2.24, 2.45) is 0 Å². The highest BCUT2D eigenvalue weighted by atomic mass is 35.5. The van der Waals surface area contributed by atoms with Crippen molar-refractivity contribution in [1.82, 2.24) is 0 Å². The molecule has 0 spiro atoms. The topological polar surface area (TPSA) is 12.5 Å². The standard InChI is InChI=1S/C16H15Cl2NO/c17-10-13-14(18)5-3-6-15(13)19-8-9-20-16-7-2-1-4-12(16)11-19/h1-7H,8-11H2. The Morgan fingerprint density at radius 1 is 1.10 bits per heavy atom. The molecule has 0 atom stereocenters. The lowest BCUT2D eigenvalue weighted by molar-refractivity contribution is 0.331. The molecule has 1 aliphatic rings. The van der Waals surface area contributed by atoms with E-state index in [1.165, 1.54) is 5.56 Å². The molecule has 0 bridgehead atoms. The number of para-hydroxylation sites is 1. The molecule has 0 N–H and O–H groups in total. The van der Waals surface area contributed by atoms with Gasteiger partial charge < -0.3 is 9.64 Å². The van der Waals surface area contributed by atoms with Crippen LogP contribution in [0.5, 0.6) is 5.75 Å². The van der Waals surface area contributed by atoms with E-state index in [2.05, 4.69) is 17.0 Å². The van der Waals surface area contributed by atoms with Crippen molar-refractivity contribution in [3.05, 3.63) is 58.6 Å². The first kappa shape index (κ1) is 13.6. The molecule has 0 unspecified atom stereocenters. The van der Waals surface area contributed by atoms with Crippen molar-refractivity contribution >= 4 is 28.9 Å². The van der Waals surface area contributed by atoms with Crippen molar-refractivity contribution in [1.29, 1.82) is 0 Å². The minimum absolute atomic E-state index is 0.411. The third kappa shape index (κ3) is 2.58. The van der Waals surface area contributed by atoms with Gasteiger partial charge >= 0.3 is 0 Å². The van der Waals surface area contributed by atoms with Crippen LogP contribution in [0.2, 0.25) is 5.02 Å². The third-order valence-corrected chi connectivity index (χ3v) is 4.14. The zero-order chi connectivity index (χ0) is 13.9. The maximum Gasteiger partial charge on any atom is 0.124 e. The highest BCUT2D eigenvalue weighted by molar-refractivity contribution is 6.32. The van der Waals surface area contributed by atoms with Crippen LogP contribution >= 0.6 is 23.2 Å². The molecule has 3 rings (SSSR count). The second kappa shape index (κ2) is 5.94. The third-order valence-electron chi connectivity index (χ3n) is 3.52. The molecule has 0 radical (unpaired) electrons. The fourth-order valence-electron chi connectivity index (χ4n) is 2.51. The average molecular weight is 308 g/mol. The summed E-state index contributed by atoms with van der Waals surface area (Å²) in [6.45, 7) is 2.28. The Hall–Kier alpha value is -1.38. The largest absolute Gasteiger partial charge is 0.491 e. The monoisotopic (exact) mass is 307 g/mol. The van der Waals surface area contributed by atoms with Crippen molar-refractivity contribution in [2.75, 3.05) is 18.1 Å². The Labute approximate surface area is 128 Å². The first-order chi connectivity index (χ1) is 9.79. The molecule has 1 heterocycles. The normalized spacial score (nSPS) is 14.4. The van der Waals surface area contributed by atoms with E-state index in [1.807, 2.05) is 30.3 Å². The molecular formula is C16H15Cl2NO. The summed E-state index contributed by atoms with van der Waals surface area (Å²) in [6, 6.07) is 14.1. The number of hydrogen-bond acceptors (Lipinski definition) is 2. The van der Waals surface area contributed by atoms with E-state index in [9.17, 15) is 0 Å². The van der Waals surface area contributed by atoms with Crippen LogP contribution in [-0.4, -0.2) is 13.2 Å². The van der Waals surface area contributed by atoms with Gasteiger partial charge in [-0.15, -0.1) is 11.6 Å². The van der Waals surface area contributed by atoms with E-state index < -0.39 is 0 Å². The van der Waals surface area contributed by atoms with E-state index >= 15 is 0 Å². The number of hydrogen-bond donors (Lipinski definition) is 0. The lowest BCUT2D eigenvalue weighted by Gasteiger charge is -2.25. The van der Waals surface area contributed by atoms with Crippen LogP contribution in [0.15, 0.2) is 42.5 Å². The van der Waals surface area contributed by atoms with Gasteiger partial charge in [0.15, 0.2) is 0 Å². The van der Waals surface area contributed by atoms with Crippen molar-refractivity contribution in [3.63, 3.8) is 0 Å². The van der Waals surface area contributed by atoms with Gasteiger partial charge in [0.2, 0.25) is 0 Å². The SMILES string of the molecule is ClCc1c(Cl)cccc1N1CCOc2ccccc2C1. The predicted octanol–water partition coefficient (Wildman–Crippen LogP) is 4.48. The van der Waals surface area contributed by atoms with E-state index in [-0.39, 0.29) is 0 Å². The number of anilines is 1. The Balaban J connectivity index is 1.98. The van der Waals surface area contributed by atoms with Crippen LogP contribution in [0.3, 0.4) is 0 Å². The minimum atomic E-state index is 0.411. The molecular weight excluding hydrogens is 293 g/mol. The van der Waals surface area contributed by atoms with E-state index in [4.69, 9.17) is 27.9 Å². The summed E-state index contributed by atoms with van der Waals surface area (Å²) < 4.78 is 5.80. The molecule has 2 aromatic carbocycles. The fraction of sp³-hybridized carbons (Fsp3) is 0.250. The highest BCUT2D eigenvalue weighted by Gasteiger charge is 2.18. The van der Waals surface area contributed by atoms with Crippen LogP contribution < -0.4 is 9.64 Å². The molecule has 2 aromatic rings. The average Bonchev–Trinajstić information content (AvgIpc) is 2.69. The molecule has 0 aliphatic carbocycles. The predicted molar refractivity (Wildman–Crippen MR) is 84.0 cm³/mol. The Kier molecular flexibility index (Phi) is 4.04. The maximum atomic E-state index is 6.25. The lowest BCUT2D eigenvalue weighted by atomic mass is 10.1. The first-order valence-corrected chi connectivity index (χ1v) is 7.50. The summed E-state index contributed by atoms with van der Waals surface area (Å²) in [7, 11) is 0. The number of fused-ring (bicyclic) bond motifs is 1. The van der Waals surface area contributed by atoms with Crippen LogP contribution in [0.25, 0.3) is 0 Å². The van der Waals surface area contributed by atoms with Gasteiger partial charge in [0, 0.05) is 28.4 Å². The second-order valence-electron chi connectivity index (χ2n) is 4.75. The molecule has 0 fully saturated rings. The zero-order valence-corrected chi connectivity index (χ0v) is 12.5. The minimum Gasteiger partial charge on any atom is -0.491 e. The Morgan fingerprint density at radius 2 is 1.95 bits per heavy atom. The van der Waals surface area contributed by atoms with Gasteiger partial charge in [-0.1, -0.05) is 35.9 Å². The summed E-state index contributed by atoms with van der Waals surface area (Å²) in [5.41, 5.74) is 3.26. The number of rotatable bonds is 2. The van der Waals surface area contributed by atoms with E-state index in [1.54, 1.807) is 0 Å². The van der Waals surface area contributed by atoms with E-state index in [0.29, 0.717) is 12.5 Å². The fourth-order valence-corrected chi connectivity index (χ4v) is 3.09. The smallest absolute Gasteiger partial charge is 0.124 e.